The second-order valence-corrected chi connectivity index (χ2v) is 8.37. The quantitative estimate of drug-likeness (QED) is 0.150. The average Bonchev–Trinajstić information content (AvgIpc) is 2.90. The number of hydrogen-bond donors (Lipinski definition) is 0. The van der Waals surface area contributed by atoms with Crippen molar-refractivity contribution in [2.24, 2.45) is 4.99 Å². The molecule has 0 saturated heterocycles. The molecule has 0 radical (unpaired) electrons. The maximum Gasteiger partial charge on any atom is 0.203 e. The van der Waals surface area contributed by atoms with E-state index in [4.69, 9.17) is 23.7 Å². The Morgan fingerprint density at radius 3 is 2.03 bits per heavy atom. The van der Waals surface area contributed by atoms with E-state index < -0.39 is 0 Å². The summed E-state index contributed by atoms with van der Waals surface area (Å²) in [7, 11) is 7.87. The number of nitrogens with zero attached hydrogens (tertiary/aromatic N) is 1. The van der Waals surface area contributed by atoms with E-state index in [1.807, 2.05) is 36.4 Å². The van der Waals surface area contributed by atoms with E-state index in [9.17, 15) is 4.79 Å². The lowest BCUT2D eigenvalue weighted by molar-refractivity contribution is 0.100. The van der Waals surface area contributed by atoms with Gasteiger partial charge in [0.25, 0.3) is 0 Å². The fraction of sp³-hybridized carbons (Fsp3) is 0.214. The lowest BCUT2D eigenvalue weighted by Gasteiger charge is -2.13. The molecule has 0 aliphatic heterocycles. The van der Waals surface area contributed by atoms with E-state index in [2.05, 4.69) is 20.9 Å². The Kier molecular flexibility index (Phi) is 9.53. The summed E-state index contributed by atoms with van der Waals surface area (Å²) in [5, 5.41) is 0. The van der Waals surface area contributed by atoms with Crippen LogP contribution in [0.15, 0.2) is 58.0 Å². The minimum absolute atomic E-state index is 0.0610. The number of benzene rings is 3. The Labute approximate surface area is 219 Å². The van der Waals surface area contributed by atoms with Gasteiger partial charge in [-0.2, -0.15) is 0 Å². The van der Waals surface area contributed by atoms with Crippen molar-refractivity contribution in [3.05, 3.63) is 69.7 Å². The number of Topliss-reactive ketones (excluding diaryl/α,β-unsaturated/α-hetero) is 1. The number of halogens is 1. The van der Waals surface area contributed by atoms with Crippen LogP contribution in [0.2, 0.25) is 0 Å². The van der Waals surface area contributed by atoms with Gasteiger partial charge in [0.05, 0.1) is 40.0 Å². The first-order chi connectivity index (χ1) is 17.4. The predicted octanol–water partition coefficient (Wildman–Crippen LogP) is 6.64. The summed E-state index contributed by atoms with van der Waals surface area (Å²) in [5.41, 5.74) is 2.90. The Balaban J connectivity index is 1.85. The number of ketones is 1. The molecule has 0 amide bonds. The van der Waals surface area contributed by atoms with Gasteiger partial charge in [0.2, 0.25) is 5.75 Å². The lowest BCUT2D eigenvalue weighted by atomic mass is 10.1. The van der Waals surface area contributed by atoms with Crippen LogP contribution in [0.5, 0.6) is 28.7 Å². The zero-order valence-corrected chi connectivity index (χ0v) is 22.4. The summed E-state index contributed by atoms with van der Waals surface area (Å²) >= 11 is 3.55. The highest BCUT2D eigenvalue weighted by Crippen LogP contribution is 2.39. The van der Waals surface area contributed by atoms with Crippen LogP contribution in [0.1, 0.15) is 27.9 Å². The zero-order chi connectivity index (χ0) is 26.1. The molecule has 188 valence electrons. The highest BCUT2D eigenvalue weighted by Gasteiger charge is 2.13. The lowest BCUT2D eigenvalue weighted by Crippen LogP contribution is -2.00. The van der Waals surface area contributed by atoms with Crippen LogP contribution in [-0.2, 0) is 0 Å². The molecule has 7 nitrogen and oxygen atoms in total. The van der Waals surface area contributed by atoms with Crippen molar-refractivity contribution >= 4 is 45.8 Å². The minimum Gasteiger partial charge on any atom is -0.497 e. The van der Waals surface area contributed by atoms with Crippen LogP contribution in [-0.4, -0.2) is 47.5 Å². The summed E-state index contributed by atoms with van der Waals surface area (Å²) in [4.78, 5) is 17.1. The SMILES string of the molecule is COc1cccc(C(=O)CC=Nc2cc(/C=C\c3cc(OC)c(OC)c(OC)c3)cc(Br)c2OC)c1. The van der Waals surface area contributed by atoms with Gasteiger partial charge < -0.3 is 23.7 Å². The highest BCUT2D eigenvalue weighted by atomic mass is 79.9. The van der Waals surface area contributed by atoms with Crippen molar-refractivity contribution in [1.82, 2.24) is 0 Å². The third kappa shape index (κ3) is 6.46. The van der Waals surface area contributed by atoms with Gasteiger partial charge in [-0.3, -0.25) is 9.79 Å². The van der Waals surface area contributed by atoms with Gasteiger partial charge in [-0.05, 0) is 63.5 Å². The Hall–Kier alpha value is -3.78. The van der Waals surface area contributed by atoms with Gasteiger partial charge in [-0.25, -0.2) is 0 Å². The molecule has 0 unspecified atom stereocenters. The van der Waals surface area contributed by atoms with Gasteiger partial charge in [0.1, 0.15) is 11.4 Å². The van der Waals surface area contributed by atoms with Gasteiger partial charge in [-0.15, -0.1) is 0 Å². The molecule has 3 aromatic carbocycles. The molecule has 0 aromatic heterocycles. The average molecular weight is 554 g/mol. The van der Waals surface area contributed by atoms with Crippen LogP contribution in [0, 0.1) is 0 Å². The molecule has 8 heteroatoms. The molecule has 0 saturated carbocycles. The molecule has 0 atom stereocenters. The van der Waals surface area contributed by atoms with Crippen molar-refractivity contribution in [2.45, 2.75) is 6.42 Å². The van der Waals surface area contributed by atoms with E-state index in [1.165, 1.54) is 0 Å². The van der Waals surface area contributed by atoms with Gasteiger partial charge in [-0.1, -0.05) is 24.3 Å². The number of carbonyl (C=O) groups is 1. The van der Waals surface area contributed by atoms with Crippen LogP contribution < -0.4 is 23.7 Å². The summed E-state index contributed by atoms with van der Waals surface area (Å²) in [6, 6.07) is 14.6. The molecule has 0 bridgehead atoms. The Morgan fingerprint density at radius 2 is 1.44 bits per heavy atom. The molecule has 3 aromatic rings. The number of ether oxygens (including phenoxy) is 5. The van der Waals surface area contributed by atoms with E-state index in [0.29, 0.717) is 40.0 Å². The maximum atomic E-state index is 12.6. The number of methoxy groups -OCH3 is 5. The molecule has 0 heterocycles. The number of rotatable bonds is 11. The normalized spacial score (nSPS) is 11.1. The van der Waals surface area contributed by atoms with Crippen LogP contribution in [0.25, 0.3) is 12.2 Å². The topological polar surface area (TPSA) is 75.6 Å². The van der Waals surface area contributed by atoms with Crippen molar-refractivity contribution in [3.8, 4) is 28.7 Å². The monoisotopic (exact) mass is 553 g/mol. The first-order valence-electron chi connectivity index (χ1n) is 11.0. The summed E-state index contributed by atoms with van der Waals surface area (Å²) < 4.78 is 27.7. The fourth-order valence-corrected chi connectivity index (χ4v) is 4.15. The third-order valence-corrected chi connectivity index (χ3v) is 5.89. The first-order valence-corrected chi connectivity index (χ1v) is 11.8. The molecule has 36 heavy (non-hydrogen) atoms. The van der Waals surface area contributed by atoms with E-state index in [-0.39, 0.29) is 12.2 Å². The smallest absolute Gasteiger partial charge is 0.203 e. The molecule has 0 spiro atoms. The molecule has 3 rings (SSSR count). The standard InChI is InChI=1S/C28H28BrNO6/c1-32-21-8-6-7-20(17-21)24(31)11-12-30-23-14-18(13-22(29)27(23)35-4)9-10-19-15-25(33-2)28(36-5)26(16-19)34-3/h6-10,12-17H,11H2,1-5H3/b10-9-,30-12?. The Bertz CT molecular complexity index is 1260. The predicted molar refractivity (Wildman–Crippen MR) is 146 cm³/mol. The van der Waals surface area contributed by atoms with Crippen molar-refractivity contribution in [3.63, 3.8) is 0 Å². The maximum absolute atomic E-state index is 12.6. The molecule has 0 N–H and O–H groups in total. The van der Waals surface area contributed by atoms with Crippen molar-refractivity contribution in [1.29, 1.82) is 0 Å². The molecule has 0 aliphatic carbocycles. The zero-order valence-electron chi connectivity index (χ0n) is 20.8. The molecular weight excluding hydrogens is 526 g/mol. The number of aliphatic imine (C=N–C) groups is 1. The van der Waals surface area contributed by atoms with Gasteiger partial charge >= 0.3 is 0 Å². The largest absolute Gasteiger partial charge is 0.497 e. The van der Waals surface area contributed by atoms with Crippen molar-refractivity contribution in [2.75, 3.05) is 35.5 Å². The first kappa shape index (κ1) is 26.8. The summed E-state index contributed by atoms with van der Waals surface area (Å²) in [5.74, 6) is 2.82. The van der Waals surface area contributed by atoms with E-state index in [0.717, 1.165) is 15.6 Å². The molecule has 0 aliphatic rings. The van der Waals surface area contributed by atoms with Crippen molar-refractivity contribution < 1.29 is 28.5 Å². The summed E-state index contributed by atoms with van der Waals surface area (Å²) in [6.07, 6.45) is 5.59. The van der Waals surface area contributed by atoms with E-state index in [1.54, 1.807) is 66.0 Å². The third-order valence-electron chi connectivity index (χ3n) is 5.30. The van der Waals surface area contributed by atoms with E-state index >= 15 is 0 Å². The number of carbonyl (C=O) groups excluding carboxylic acids is 1. The second kappa shape index (κ2) is 12.8. The Morgan fingerprint density at radius 1 is 0.806 bits per heavy atom. The van der Waals surface area contributed by atoms with Crippen LogP contribution in [0.3, 0.4) is 0 Å². The molecular formula is C28H28BrNO6. The fourth-order valence-electron chi connectivity index (χ4n) is 3.52. The van der Waals surface area contributed by atoms with Crippen LogP contribution in [0.4, 0.5) is 5.69 Å². The number of hydrogen-bond acceptors (Lipinski definition) is 7. The van der Waals surface area contributed by atoms with Crippen LogP contribution >= 0.6 is 15.9 Å². The second-order valence-electron chi connectivity index (χ2n) is 7.52. The highest BCUT2D eigenvalue weighted by molar-refractivity contribution is 9.10. The minimum atomic E-state index is -0.0610. The van der Waals surface area contributed by atoms with Gasteiger partial charge in [0, 0.05) is 18.2 Å². The van der Waals surface area contributed by atoms with Gasteiger partial charge in [0.15, 0.2) is 23.0 Å². The molecule has 0 fully saturated rings. The summed E-state index contributed by atoms with van der Waals surface area (Å²) in [6.45, 7) is 0.